The van der Waals surface area contributed by atoms with Crippen molar-refractivity contribution in [3.63, 3.8) is 0 Å². The third-order valence-electron chi connectivity index (χ3n) is 2.78. The molecular formula is C13H18FN5. The zero-order valence-corrected chi connectivity index (χ0v) is 11.6. The minimum atomic E-state index is -0.261. The van der Waals surface area contributed by atoms with Gasteiger partial charge in [-0.3, -0.25) is 0 Å². The Labute approximate surface area is 111 Å². The lowest BCUT2D eigenvalue weighted by molar-refractivity contribution is 0.415. The van der Waals surface area contributed by atoms with Gasteiger partial charge in [-0.2, -0.15) is 4.68 Å². The molecule has 102 valence electrons. The SMILES string of the molecule is Cc1c(F)cccc1-n1nnnc1CNC(C)(C)C. The Bertz CT molecular complexity index is 571. The van der Waals surface area contributed by atoms with Crippen LogP contribution in [-0.4, -0.2) is 25.7 Å². The Hall–Kier alpha value is -1.82. The maximum Gasteiger partial charge on any atom is 0.170 e. The summed E-state index contributed by atoms with van der Waals surface area (Å²) >= 11 is 0. The number of hydrogen-bond acceptors (Lipinski definition) is 4. The molecule has 2 rings (SSSR count). The minimum Gasteiger partial charge on any atom is -0.305 e. The molecule has 5 nitrogen and oxygen atoms in total. The van der Waals surface area contributed by atoms with Crippen molar-refractivity contribution in [2.45, 2.75) is 39.8 Å². The number of hydrogen-bond donors (Lipinski definition) is 1. The van der Waals surface area contributed by atoms with Crippen molar-refractivity contribution < 1.29 is 4.39 Å². The van der Waals surface area contributed by atoms with Crippen LogP contribution in [0.15, 0.2) is 18.2 Å². The predicted molar refractivity (Wildman–Crippen MR) is 70.4 cm³/mol. The van der Waals surface area contributed by atoms with Crippen LogP contribution in [0.2, 0.25) is 0 Å². The lowest BCUT2D eigenvalue weighted by atomic mass is 10.1. The maximum atomic E-state index is 13.6. The van der Waals surface area contributed by atoms with Crippen molar-refractivity contribution in [1.82, 2.24) is 25.5 Å². The first-order chi connectivity index (χ1) is 8.88. The second-order valence-electron chi connectivity index (χ2n) is 5.49. The molecular weight excluding hydrogens is 245 g/mol. The van der Waals surface area contributed by atoms with Gasteiger partial charge in [-0.05, 0) is 50.3 Å². The summed E-state index contributed by atoms with van der Waals surface area (Å²) in [6, 6.07) is 4.88. The molecule has 19 heavy (non-hydrogen) atoms. The molecule has 1 aromatic heterocycles. The van der Waals surface area contributed by atoms with Crippen LogP contribution in [0, 0.1) is 12.7 Å². The van der Waals surface area contributed by atoms with Crippen LogP contribution in [0.3, 0.4) is 0 Å². The van der Waals surface area contributed by atoms with Crippen molar-refractivity contribution in [3.05, 3.63) is 35.4 Å². The molecule has 0 atom stereocenters. The highest BCUT2D eigenvalue weighted by Gasteiger charge is 2.15. The van der Waals surface area contributed by atoms with Crippen LogP contribution < -0.4 is 5.32 Å². The average molecular weight is 263 g/mol. The van der Waals surface area contributed by atoms with E-state index in [-0.39, 0.29) is 11.4 Å². The van der Waals surface area contributed by atoms with Crippen LogP contribution in [0.25, 0.3) is 5.69 Å². The van der Waals surface area contributed by atoms with Crippen LogP contribution in [0.5, 0.6) is 0 Å². The van der Waals surface area contributed by atoms with Gasteiger partial charge in [0, 0.05) is 11.1 Å². The van der Waals surface area contributed by atoms with Gasteiger partial charge in [0.1, 0.15) is 5.82 Å². The van der Waals surface area contributed by atoms with Crippen molar-refractivity contribution in [2.75, 3.05) is 0 Å². The van der Waals surface area contributed by atoms with Gasteiger partial charge >= 0.3 is 0 Å². The summed E-state index contributed by atoms with van der Waals surface area (Å²) in [4.78, 5) is 0. The summed E-state index contributed by atoms with van der Waals surface area (Å²) in [5, 5.41) is 14.9. The van der Waals surface area contributed by atoms with Crippen molar-refractivity contribution in [3.8, 4) is 5.69 Å². The summed E-state index contributed by atoms with van der Waals surface area (Å²) in [5.74, 6) is 0.395. The van der Waals surface area contributed by atoms with Gasteiger partial charge in [0.05, 0.1) is 12.2 Å². The summed E-state index contributed by atoms with van der Waals surface area (Å²) in [6.07, 6.45) is 0. The van der Waals surface area contributed by atoms with E-state index in [0.717, 1.165) is 0 Å². The highest BCUT2D eigenvalue weighted by molar-refractivity contribution is 5.40. The Morgan fingerprint density at radius 3 is 2.74 bits per heavy atom. The van der Waals surface area contributed by atoms with Gasteiger partial charge in [0.25, 0.3) is 0 Å². The van der Waals surface area contributed by atoms with Crippen LogP contribution >= 0.6 is 0 Å². The van der Waals surface area contributed by atoms with Crippen LogP contribution in [0.4, 0.5) is 4.39 Å². The smallest absolute Gasteiger partial charge is 0.170 e. The number of halogens is 1. The Morgan fingerprint density at radius 2 is 2.05 bits per heavy atom. The summed E-state index contributed by atoms with van der Waals surface area (Å²) in [7, 11) is 0. The fourth-order valence-electron chi connectivity index (χ4n) is 1.67. The molecule has 2 aromatic rings. The first-order valence-electron chi connectivity index (χ1n) is 6.16. The molecule has 0 aliphatic carbocycles. The van der Waals surface area contributed by atoms with Gasteiger partial charge in [-0.1, -0.05) is 6.07 Å². The molecule has 1 N–H and O–H groups in total. The zero-order chi connectivity index (χ0) is 14.0. The molecule has 1 aromatic carbocycles. The first kappa shape index (κ1) is 13.6. The quantitative estimate of drug-likeness (QED) is 0.920. The van der Waals surface area contributed by atoms with E-state index in [9.17, 15) is 4.39 Å². The third kappa shape index (κ3) is 3.14. The minimum absolute atomic E-state index is 0.0340. The van der Waals surface area contributed by atoms with E-state index >= 15 is 0 Å². The van der Waals surface area contributed by atoms with Crippen LogP contribution in [0.1, 0.15) is 32.2 Å². The van der Waals surface area contributed by atoms with E-state index in [1.165, 1.54) is 6.07 Å². The van der Waals surface area contributed by atoms with Crippen molar-refractivity contribution in [2.24, 2.45) is 0 Å². The number of benzene rings is 1. The van der Waals surface area contributed by atoms with E-state index in [2.05, 4.69) is 41.6 Å². The monoisotopic (exact) mass is 263 g/mol. The largest absolute Gasteiger partial charge is 0.305 e. The summed E-state index contributed by atoms with van der Waals surface area (Å²) in [6.45, 7) is 8.43. The van der Waals surface area contributed by atoms with Gasteiger partial charge in [-0.15, -0.1) is 5.10 Å². The average Bonchev–Trinajstić information content (AvgIpc) is 2.77. The molecule has 0 bridgehead atoms. The Balaban J connectivity index is 2.31. The highest BCUT2D eigenvalue weighted by atomic mass is 19.1. The van der Waals surface area contributed by atoms with Crippen molar-refractivity contribution in [1.29, 1.82) is 0 Å². The Kier molecular flexibility index (Phi) is 3.61. The molecule has 0 radical (unpaired) electrons. The fraction of sp³-hybridized carbons (Fsp3) is 0.462. The van der Waals surface area contributed by atoms with E-state index in [0.29, 0.717) is 23.6 Å². The first-order valence-corrected chi connectivity index (χ1v) is 6.16. The maximum absolute atomic E-state index is 13.6. The number of nitrogens with one attached hydrogen (secondary N) is 1. The molecule has 6 heteroatoms. The number of nitrogens with zero attached hydrogens (tertiary/aromatic N) is 4. The van der Waals surface area contributed by atoms with Gasteiger partial charge in [-0.25, -0.2) is 4.39 Å². The van der Waals surface area contributed by atoms with Gasteiger partial charge in [0.2, 0.25) is 0 Å². The summed E-state index contributed by atoms with van der Waals surface area (Å²) in [5.41, 5.74) is 1.16. The fourth-order valence-corrected chi connectivity index (χ4v) is 1.67. The topological polar surface area (TPSA) is 55.6 Å². The Morgan fingerprint density at radius 1 is 1.32 bits per heavy atom. The normalized spacial score (nSPS) is 11.8. The molecule has 0 aliphatic heterocycles. The van der Waals surface area contributed by atoms with E-state index in [4.69, 9.17) is 0 Å². The molecule has 0 unspecified atom stereocenters. The molecule has 0 fully saturated rings. The zero-order valence-electron chi connectivity index (χ0n) is 11.6. The second-order valence-corrected chi connectivity index (χ2v) is 5.49. The van der Waals surface area contributed by atoms with E-state index in [1.54, 1.807) is 23.7 Å². The molecule has 0 amide bonds. The molecule has 0 aliphatic rings. The number of tetrazole rings is 1. The number of rotatable bonds is 3. The van der Waals surface area contributed by atoms with Gasteiger partial charge < -0.3 is 5.32 Å². The molecule has 1 heterocycles. The summed E-state index contributed by atoms with van der Waals surface area (Å²) < 4.78 is 15.1. The lowest BCUT2D eigenvalue weighted by Gasteiger charge is -2.20. The second kappa shape index (κ2) is 5.05. The standard InChI is InChI=1S/C13H18FN5/c1-9-10(14)6-5-7-11(9)19-12(16-17-18-19)8-15-13(2,3)4/h5-7,15H,8H2,1-4H3. The van der Waals surface area contributed by atoms with Crippen molar-refractivity contribution >= 4 is 0 Å². The number of aromatic nitrogens is 4. The highest BCUT2D eigenvalue weighted by Crippen LogP contribution is 2.17. The van der Waals surface area contributed by atoms with E-state index in [1.807, 2.05) is 0 Å². The van der Waals surface area contributed by atoms with Gasteiger partial charge in [0.15, 0.2) is 5.82 Å². The lowest BCUT2D eigenvalue weighted by Crippen LogP contribution is -2.36. The molecule has 0 spiro atoms. The predicted octanol–water partition coefficient (Wildman–Crippen LogP) is 2.00. The molecule has 0 saturated carbocycles. The molecule has 0 saturated heterocycles. The van der Waals surface area contributed by atoms with Crippen LogP contribution in [-0.2, 0) is 6.54 Å². The van der Waals surface area contributed by atoms with E-state index < -0.39 is 0 Å². The third-order valence-corrected chi connectivity index (χ3v) is 2.78.